The summed E-state index contributed by atoms with van der Waals surface area (Å²) in [5.74, 6) is 1.90. The first-order chi connectivity index (χ1) is 9.87. The molecule has 2 aliphatic rings. The van der Waals surface area contributed by atoms with Crippen molar-refractivity contribution in [2.45, 2.75) is 38.3 Å². The lowest BCUT2D eigenvalue weighted by Gasteiger charge is -2.24. The van der Waals surface area contributed by atoms with Gasteiger partial charge >= 0.3 is 0 Å². The summed E-state index contributed by atoms with van der Waals surface area (Å²) in [5.41, 5.74) is 2.51. The minimum atomic E-state index is 0.704. The maximum Gasteiger partial charge on any atom is 0.137 e. The molecule has 20 heavy (non-hydrogen) atoms. The summed E-state index contributed by atoms with van der Waals surface area (Å²) in [6.07, 6.45) is 9.02. The average Bonchev–Trinajstić information content (AvgIpc) is 3.18. The lowest BCUT2D eigenvalue weighted by Crippen LogP contribution is -2.25. The van der Waals surface area contributed by atoms with E-state index in [-0.39, 0.29) is 0 Å². The zero-order chi connectivity index (χ0) is 13.4. The van der Waals surface area contributed by atoms with E-state index in [9.17, 15) is 0 Å². The molecular weight excluding hydrogens is 248 g/mol. The number of hydrogen-bond donors (Lipinski definition) is 1. The van der Waals surface area contributed by atoms with Crippen LogP contribution in [0.2, 0.25) is 0 Å². The second-order valence-electron chi connectivity index (χ2n) is 6.22. The fourth-order valence-corrected chi connectivity index (χ4v) is 3.84. The van der Waals surface area contributed by atoms with Gasteiger partial charge in [-0.2, -0.15) is 5.10 Å². The second kappa shape index (κ2) is 4.93. The molecule has 3 unspecified atom stereocenters. The third-order valence-electron chi connectivity index (χ3n) is 4.86. The summed E-state index contributed by atoms with van der Waals surface area (Å²) >= 11 is 0. The van der Waals surface area contributed by atoms with Gasteiger partial charge in [0.2, 0.25) is 0 Å². The van der Waals surface area contributed by atoms with Gasteiger partial charge in [0, 0.05) is 11.7 Å². The molecule has 0 radical (unpaired) electrons. The highest BCUT2D eigenvalue weighted by Gasteiger charge is 2.39. The van der Waals surface area contributed by atoms with Gasteiger partial charge in [-0.25, -0.2) is 9.67 Å². The van der Waals surface area contributed by atoms with Crippen LogP contribution in [-0.4, -0.2) is 20.8 Å². The van der Waals surface area contributed by atoms with Gasteiger partial charge in [0.15, 0.2) is 0 Å². The minimum Gasteiger partial charge on any atom is -0.382 e. The van der Waals surface area contributed by atoms with E-state index in [0.717, 1.165) is 18.4 Å². The molecule has 1 aromatic heterocycles. The Bertz CT molecular complexity index is 561. The summed E-state index contributed by atoms with van der Waals surface area (Å²) in [6.45, 7) is 0.786. The number of nitrogens with zero attached hydrogens (tertiary/aromatic N) is 3. The summed E-state index contributed by atoms with van der Waals surface area (Å²) < 4.78 is 1.85. The first kappa shape index (κ1) is 11.9. The smallest absolute Gasteiger partial charge is 0.137 e. The molecule has 4 rings (SSSR count). The molecule has 0 aliphatic heterocycles. The Kier molecular flexibility index (Phi) is 2.94. The van der Waals surface area contributed by atoms with E-state index in [2.05, 4.69) is 39.7 Å². The van der Waals surface area contributed by atoms with Crippen LogP contribution in [0.3, 0.4) is 0 Å². The van der Waals surface area contributed by atoms with Crippen molar-refractivity contribution < 1.29 is 0 Å². The Morgan fingerprint density at radius 2 is 2.05 bits per heavy atom. The molecule has 1 aromatic carbocycles. The highest BCUT2D eigenvalue weighted by atomic mass is 15.3. The SMILES string of the molecule is c1ncn(Cc2ccc(NC3CC4CCC3C4)cc2)n1. The Morgan fingerprint density at radius 3 is 2.70 bits per heavy atom. The standard InChI is InChI=1S/C16H20N4/c1-4-14-7-13(1)8-16(14)19-15-5-2-12(3-6-15)9-20-11-17-10-18-20/h2-3,5-6,10-11,13-14,16,19H,1,4,7-9H2. The molecule has 1 heterocycles. The van der Waals surface area contributed by atoms with Gasteiger partial charge in [0.05, 0.1) is 6.54 Å². The normalized spacial score (nSPS) is 27.9. The van der Waals surface area contributed by atoms with E-state index in [0.29, 0.717) is 6.04 Å². The average molecular weight is 268 g/mol. The van der Waals surface area contributed by atoms with Gasteiger partial charge in [0.25, 0.3) is 0 Å². The Labute approximate surface area is 119 Å². The molecule has 4 nitrogen and oxygen atoms in total. The lowest BCUT2D eigenvalue weighted by atomic mass is 9.95. The van der Waals surface area contributed by atoms with Gasteiger partial charge in [-0.3, -0.25) is 0 Å². The van der Waals surface area contributed by atoms with Crippen molar-refractivity contribution >= 4 is 5.69 Å². The van der Waals surface area contributed by atoms with E-state index in [1.165, 1.54) is 36.9 Å². The summed E-state index contributed by atoms with van der Waals surface area (Å²) in [7, 11) is 0. The highest BCUT2D eigenvalue weighted by Crippen LogP contribution is 2.45. The molecule has 4 heteroatoms. The monoisotopic (exact) mass is 268 g/mol. The summed E-state index contributed by atoms with van der Waals surface area (Å²) in [5, 5.41) is 7.86. The molecule has 3 atom stereocenters. The fourth-order valence-electron chi connectivity index (χ4n) is 3.84. The zero-order valence-electron chi connectivity index (χ0n) is 11.6. The zero-order valence-corrected chi connectivity index (χ0v) is 11.6. The minimum absolute atomic E-state index is 0.704. The van der Waals surface area contributed by atoms with Crippen LogP contribution in [0.1, 0.15) is 31.2 Å². The van der Waals surface area contributed by atoms with E-state index in [4.69, 9.17) is 0 Å². The van der Waals surface area contributed by atoms with Crippen LogP contribution in [-0.2, 0) is 6.54 Å². The van der Waals surface area contributed by atoms with Gasteiger partial charge < -0.3 is 5.32 Å². The van der Waals surface area contributed by atoms with Crippen molar-refractivity contribution in [3.8, 4) is 0 Å². The van der Waals surface area contributed by atoms with Gasteiger partial charge in [0.1, 0.15) is 12.7 Å². The van der Waals surface area contributed by atoms with E-state index in [1.807, 2.05) is 4.68 Å². The van der Waals surface area contributed by atoms with Crippen molar-refractivity contribution in [3.63, 3.8) is 0 Å². The number of hydrogen-bond acceptors (Lipinski definition) is 3. The fraction of sp³-hybridized carbons (Fsp3) is 0.500. The van der Waals surface area contributed by atoms with Crippen LogP contribution in [0.4, 0.5) is 5.69 Å². The Hall–Kier alpha value is -1.84. The third-order valence-corrected chi connectivity index (χ3v) is 4.86. The third kappa shape index (κ3) is 2.30. The predicted molar refractivity (Wildman–Crippen MR) is 78.4 cm³/mol. The van der Waals surface area contributed by atoms with Crippen LogP contribution in [0.5, 0.6) is 0 Å². The molecule has 2 aromatic rings. The van der Waals surface area contributed by atoms with E-state index < -0.39 is 0 Å². The Morgan fingerprint density at radius 1 is 1.15 bits per heavy atom. The maximum atomic E-state index is 4.13. The predicted octanol–water partition coefficient (Wildman–Crippen LogP) is 2.93. The van der Waals surface area contributed by atoms with Crippen LogP contribution >= 0.6 is 0 Å². The first-order valence-corrected chi connectivity index (χ1v) is 7.55. The number of fused-ring (bicyclic) bond motifs is 2. The maximum absolute atomic E-state index is 4.13. The lowest BCUT2D eigenvalue weighted by molar-refractivity contribution is 0.440. The quantitative estimate of drug-likeness (QED) is 0.927. The van der Waals surface area contributed by atoms with Gasteiger partial charge in [-0.05, 0) is 48.8 Å². The van der Waals surface area contributed by atoms with Crippen molar-refractivity contribution in [2.75, 3.05) is 5.32 Å². The molecule has 2 bridgehead atoms. The Balaban J connectivity index is 1.40. The molecule has 104 valence electrons. The molecule has 2 aliphatic carbocycles. The number of rotatable bonds is 4. The molecule has 0 saturated heterocycles. The van der Waals surface area contributed by atoms with Gasteiger partial charge in [-0.15, -0.1) is 0 Å². The van der Waals surface area contributed by atoms with Crippen LogP contribution in [0.15, 0.2) is 36.9 Å². The molecule has 2 saturated carbocycles. The van der Waals surface area contributed by atoms with E-state index >= 15 is 0 Å². The van der Waals surface area contributed by atoms with Gasteiger partial charge in [-0.1, -0.05) is 18.6 Å². The van der Waals surface area contributed by atoms with Crippen molar-refractivity contribution in [1.29, 1.82) is 0 Å². The van der Waals surface area contributed by atoms with Crippen LogP contribution in [0, 0.1) is 11.8 Å². The number of nitrogens with one attached hydrogen (secondary N) is 1. The van der Waals surface area contributed by atoms with Crippen LogP contribution < -0.4 is 5.32 Å². The van der Waals surface area contributed by atoms with Crippen molar-refractivity contribution in [3.05, 3.63) is 42.5 Å². The first-order valence-electron chi connectivity index (χ1n) is 7.55. The molecule has 0 spiro atoms. The summed E-state index contributed by atoms with van der Waals surface area (Å²) in [4.78, 5) is 3.97. The molecule has 1 N–H and O–H groups in total. The highest BCUT2D eigenvalue weighted by molar-refractivity contribution is 5.46. The van der Waals surface area contributed by atoms with E-state index in [1.54, 1.807) is 12.7 Å². The number of aromatic nitrogens is 3. The molecular formula is C16H20N4. The topological polar surface area (TPSA) is 42.7 Å². The number of anilines is 1. The molecule has 0 amide bonds. The number of benzene rings is 1. The van der Waals surface area contributed by atoms with Crippen LogP contribution in [0.25, 0.3) is 0 Å². The summed E-state index contributed by atoms with van der Waals surface area (Å²) in [6, 6.07) is 9.44. The molecule has 2 fully saturated rings. The van der Waals surface area contributed by atoms with Crippen molar-refractivity contribution in [1.82, 2.24) is 14.8 Å². The second-order valence-corrected chi connectivity index (χ2v) is 6.22. The largest absolute Gasteiger partial charge is 0.382 e. The van der Waals surface area contributed by atoms with Crippen molar-refractivity contribution in [2.24, 2.45) is 11.8 Å².